The fourth-order valence-electron chi connectivity index (χ4n) is 4.30. The van der Waals surface area contributed by atoms with Crippen LogP contribution in [0.2, 0.25) is 0 Å². The molecule has 0 aliphatic carbocycles. The number of esters is 1. The molecule has 0 aromatic heterocycles. The van der Waals surface area contributed by atoms with Crippen LogP contribution in [0.1, 0.15) is 85.3 Å². The lowest BCUT2D eigenvalue weighted by molar-refractivity contribution is -0.275. The first-order chi connectivity index (χ1) is 20.0. The van der Waals surface area contributed by atoms with E-state index in [1.54, 1.807) is 12.1 Å². The Balaban J connectivity index is 1.59. The van der Waals surface area contributed by atoms with Crippen molar-refractivity contribution in [1.29, 1.82) is 0 Å². The summed E-state index contributed by atoms with van der Waals surface area (Å²) in [5, 5.41) is 0. The molecule has 0 N–H and O–H groups in total. The molecule has 0 amide bonds. The van der Waals surface area contributed by atoms with Gasteiger partial charge >= 0.3 is 12.3 Å². The van der Waals surface area contributed by atoms with Crippen LogP contribution < -0.4 is 9.47 Å². The summed E-state index contributed by atoms with van der Waals surface area (Å²) in [5.74, 6) is -7.92. The molecular weight excluding hydrogens is 565 g/mol. The summed E-state index contributed by atoms with van der Waals surface area (Å²) < 4.78 is 103. The van der Waals surface area contributed by atoms with E-state index in [1.165, 1.54) is 50.3 Å². The Bertz CT molecular complexity index is 1360. The van der Waals surface area contributed by atoms with Gasteiger partial charge in [0.2, 0.25) is 0 Å². The van der Waals surface area contributed by atoms with Gasteiger partial charge in [-0.3, -0.25) is 0 Å². The standard InChI is InChI=1S/C32H31F7O3/c1-2-3-4-5-6-7-8-9-10-21-11-13-23(25(33)17-21)14-12-22-18-27(35)30(28(36)19-22)31(40)41-24-15-16-29(26(34)20-24)42-32(37,38)39/h11-20H,2-10H2,1H3/b14-12+. The lowest BCUT2D eigenvalue weighted by Gasteiger charge is -2.11. The first-order valence-electron chi connectivity index (χ1n) is 13.7. The van der Waals surface area contributed by atoms with Crippen molar-refractivity contribution in [2.24, 2.45) is 0 Å². The average Bonchev–Trinajstić information content (AvgIpc) is 2.90. The minimum absolute atomic E-state index is 0.0105. The van der Waals surface area contributed by atoms with Crippen LogP contribution in [-0.2, 0) is 6.42 Å². The summed E-state index contributed by atoms with van der Waals surface area (Å²) >= 11 is 0. The normalized spacial score (nSPS) is 11.7. The van der Waals surface area contributed by atoms with Crippen LogP contribution in [0.4, 0.5) is 30.7 Å². The number of carbonyl (C=O) groups excluding carboxylic acids is 1. The highest BCUT2D eigenvalue weighted by atomic mass is 19.4. The van der Waals surface area contributed by atoms with E-state index in [0.29, 0.717) is 12.1 Å². The van der Waals surface area contributed by atoms with Gasteiger partial charge in [0.25, 0.3) is 0 Å². The third-order valence-electron chi connectivity index (χ3n) is 6.45. The molecule has 3 aromatic rings. The van der Waals surface area contributed by atoms with E-state index < -0.39 is 52.7 Å². The fourth-order valence-corrected chi connectivity index (χ4v) is 4.30. The molecule has 0 fully saturated rings. The third-order valence-corrected chi connectivity index (χ3v) is 6.45. The highest BCUT2D eigenvalue weighted by molar-refractivity contribution is 5.92. The molecule has 0 saturated heterocycles. The van der Waals surface area contributed by atoms with E-state index >= 15 is 0 Å². The maximum atomic E-state index is 14.6. The summed E-state index contributed by atoms with van der Waals surface area (Å²) in [4.78, 5) is 12.3. The zero-order valence-corrected chi connectivity index (χ0v) is 23.0. The smallest absolute Gasteiger partial charge is 0.423 e. The molecular formula is C32H31F7O3. The van der Waals surface area contributed by atoms with E-state index in [4.69, 9.17) is 4.74 Å². The Kier molecular flexibility index (Phi) is 12.0. The van der Waals surface area contributed by atoms with E-state index in [9.17, 15) is 35.5 Å². The summed E-state index contributed by atoms with van der Waals surface area (Å²) in [7, 11) is 0. The fraction of sp³-hybridized carbons (Fsp3) is 0.344. The van der Waals surface area contributed by atoms with Crippen molar-refractivity contribution in [2.75, 3.05) is 0 Å². The molecule has 42 heavy (non-hydrogen) atoms. The van der Waals surface area contributed by atoms with Gasteiger partial charge < -0.3 is 9.47 Å². The molecule has 0 heterocycles. The molecule has 0 atom stereocenters. The number of hydrogen-bond acceptors (Lipinski definition) is 3. The summed E-state index contributed by atoms with van der Waals surface area (Å²) in [6.07, 6.45) is 7.61. The lowest BCUT2D eigenvalue weighted by Crippen LogP contribution is -2.18. The molecule has 10 heteroatoms. The van der Waals surface area contributed by atoms with Gasteiger partial charge in [-0.25, -0.2) is 22.4 Å². The lowest BCUT2D eigenvalue weighted by atomic mass is 10.0. The predicted molar refractivity (Wildman–Crippen MR) is 146 cm³/mol. The van der Waals surface area contributed by atoms with Crippen molar-refractivity contribution in [3.05, 3.63) is 94.1 Å². The number of aryl methyl sites for hydroxylation is 1. The Morgan fingerprint density at radius 3 is 1.98 bits per heavy atom. The van der Waals surface area contributed by atoms with Crippen LogP contribution in [0.3, 0.4) is 0 Å². The van der Waals surface area contributed by atoms with E-state index in [-0.39, 0.29) is 11.1 Å². The molecule has 0 bridgehead atoms. The van der Waals surface area contributed by atoms with Crippen molar-refractivity contribution in [2.45, 2.75) is 71.1 Å². The Hall–Kier alpha value is -3.82. The van der Waals surface area contributed by atoms with Crippen molar-refractivity contribution in [1.82, 2.24) is 0 Å². The molecule has 3 rings (SSSR count). The summed E-state index contributed by atoms with van der Waals surface area (Å²) in [6, 6.07) is 8.19. The minimum Gasteiger partial charge on any atom is -0.423 e. The van der Waals surface area contributed by atoms with Crippen LogP contribution in [0.5, 0.6) is 11.5 Å². The maximum Gasteiger partial charge on any atom is 0.573 e. The number of carbonyl (C=O) groups is 1. The monoisotopic (exact) mass is 596 g/mol. The highest BCUT2D eigenvalue weighted by Gasteiger charge is 2.32. The quantitative estimate of drug-likeness (QED) is 0.0611. The zero-order chi connectivity index (χ0) is 30.7. The van der Waals surface area contributed by atoms with Crippen molar-refractivity contribution >= 4 is 18.1 Å². The highest BCUT2D eigenvalue weighted by Crippen LogP contribution is 2.29. The first kappa shape index (κ1) is 32.7. The molecule has 0 spiro atoms. The van der Waals surface area contributed by atoms with Gasteiger partial charge in [-0.2, -0.15) is 0 Å². The van der Waals surface area contributed by atoms with Crippen molar-refractivity contribution in [3.63, 3.8) is 0 Å². The molecule has 0 unspecified atom stereocenters. The molecule has 0 aliphatic rings. The van der Waals surface area contributed by atoms with Gasteiger partial charge in [0, 0.05) is 11.6 Å². The molecule has 3 aromatic carbocycles. The average molecular weight is 597 g/mol. The predicted octanol–water partition coefficient (Wildman–Crippen LogP) is 10.2. The summed E-state index contributed by atoms with van der Waals surface area (Å²) in [5.41, 5.74) is -0.0414. The number of ether oxygens (including phenoxy) is 2. The molecule has 0 saturated carbocycles. The molecule has 0 aliphatic heterocycles. The third kappa shape index (κ3) is 10.2. The number of unbranched alkanes of at least 4 members (excludes halogenated alkanes) is 7. The van der Waals surface area contributed by atoms with Gasteiger partial charge in [-0.1, -0.05) is 76.2 Å². The van der Waals surface area contributed by atoms with Crippen molar-refractivity contribution < 1.29 is 45.0 Å². The van der Waals surface area contributed by atoms with Crippen LogP contribution >= 0.6 is 0 Å². The second-order valence-corrected chi connectivity index (χ2v) is 9.80. The molecule has 226 valence electrons. The Morgan fingerprint density at radius 1 is 0.738 bits per heavy atom. The number of alkyl halides is 3. The van der Waals surface area contributed by atoms with Gasteiger partial charge in [-0.05, 0) is 54.3 Å². The molecule has 0 radical (unpaired) electrons. The first-order valence-corrected chi connectivity index (χ1v) is 13.7. The number of benzene rings is 3. The van der Waals surface area contributed by atoms with Crippen LogP contribution in [-0.4, -0.2) is 12.3 Å². The summed E-state index contributed by atoms with van der Waals surface area (Å²) in [6.45, 7) is 2.18. The van der Waals surface area contributed by atoms with Gasteiger partial charge in [0.05, 0.1) is 0 Å². The van der Waals surface area contributed by atoms with Crippen molar-refractivity contribution in [3.8, 4) is 11.5 Å². The zero-order valence-electron chi connectivity index (χ0n) is 23.0. The number of halogens is 7. The minimum atomic E-state index is -5.15. The van der Waals surface area contributed by atoms with Gasteiger partial charge in [0.1, 0.15) is 28.8 Å². The number of hydrogen-bond donors (Lipinski definition) is 0. The van der Waals surface area contributed by atoms with Crippen LogP contribution in [0.25, 0.3) is 12.2 Å². The van der Waals surface area contributed by atoms with E-state index in [0.717, 1.165) is 49.4 Å². The second kappa shape index (κ2) is 15.4. The second-order valence-electron chi connectivity index (χ2n) is 9.80. The number of rotatable bonds is 14. The van der Waals surface area contributed by atoms with E-state index in [2.05, 4.69) is 11.7 Å². The topological polar surface area (TPSA) is 35.5 Å². The van der Waals surface area contributed by atoms with Crippen LogP contribution in [0.15, 0.2) is 48.5 Å². The Labute approximate surface area is 240 Å². The van der Waals surface area contributed by atoms with E-state index in [1.807, 2.05) is 0 Å². The maximum absolute atomic E-state index is 14.6. The Morgan fingerprint density at radius 2 is 1.38 bits per heavy atom. The van der Waals surface area contributed by atoms with Gasteiger partial charge in [-0.15, -0.1) is 13.2 Å². The molecule has 3 nitrogen and oxygen atoms in total. The van der Waals surface area contributed by atoms with Crippen LogP contribution in [0, 0.1) is 23.3 Å². The largest absolute Gasteiger partial charge is 0.573 e. The SMILES string of the molecule is CCCCCCCCCCc1ccc(/C=C/c2cc(F)c(C(=O)Oc3ccc(OC(F)(F)F)c(F)c3)c(F)c2)c(F)c1. The van der Waals surface area contributed by atoms with Gasteiger partial charge in [0.15, 0.2) is 11.6 Å².